The summed E-state index contributed by atoms with van der Waals surface area (Å²) in [6.45, 7) is 0. The number of rotatable bonds is 1. The number of nitrogens with zero attached hydrogens (tertiary/aromatic N) is 1. The van der Waals surface area contributed by atoms with Crippen LogP contribution in [0.5, 0.6) is 0 Å². The zero-order valence-electron chi connectivity index (χ0n) is 7.70. The first-order valence-corrected chi connectivity index (χ1v) is 4.45. The van der Waals surface area contributed by atoms with Gasteiger partial charge in [0.15, 0.2) is 0 Å². The van der Waals surface area contributed by atoms with Crippen LogP contribution in [0.3, 0.4) is 0 Å². The van der Waals surface area contributed by atoms with E-state index in [4.69, 9.17) is 11.0 Å². The molecule has 0 fully saturated rings. The summed E-state index contributed by atoms with van der Waals surface area (Å²) < 4.78 is 0. The number of hydrogen-bond acceptors (Lipinski definition) is 2. The summed E-state index contributed by atoms with van der Waals surface area (Å²) in [5.74, 6) is 0. The smallest absolute Gasteiger partial charge is 0.0669 e. The largest absolute Gasteiger partial charge is 0.398 e. The first-order valence-electron chi connectivity index (χ1n) is 4.45. The van der Waals surface area contributed by atoms with Gasteiger partial charge in [0.25, 0.3) is 0 Å². The molecule has 0 saturated carbocycles. The van der Waals surface area contributed by atoms with Crippen LogP contribution in [0.4, 0.5) is 5.69 Å². The van der Waals surface area contributed by atoms with Crippen molar-refractivity contribution in [3.05, 3.63) is 42.0 Å². The van der Waals surface area contributed by atoms with E-state index in [9.17, 15) is 0 Å². The third-order valence-electron chi connectivity index (χ3n) is 2.26. The Morgan fingerprint density at radius 1 is 1.21 bits per heavy atom. The van der Waals surface area contributed by atoms with Crippen LogP contribution >= 0.6 is 0 Å². The molecule has 14 heavy (non-hydrogen) atoms. The van der Waals surface area contributed by atoms with Crippen LogP contribution in [-0.4, -0.2) is 0 Å². The van der Waals surface area contributed by atoms with E-state index in [0.717, 1.165) is 22.0 Å². The molecule has 0 heterocycles. The van der Waals surface area contributed by atoms with Gasteiger partial charge in [-0.1, -0.05) is 30.3 Å². The summed E-state index contributed by atoms with van der Waals surface area (Å²) >= 11 is 0. The molecule has 0 spiro atoms. The van der Waals surface area contributed by atoms with Crippen molar-refractivity contribution in [3.8, 4) is 6.07 Å². The zero-order chi connectivity index (χ0) is 9.97. The molecule has 2 rings (SSSR count). The zero-order valence-corrected chi connectivity index (χ0v) is 7.70. The van der Waals surface area contributed by atoms with Gasteiger partial charge in [0, 0.05) is 11.1 Å². The summed E-state index contributed by atoms with van der Waals surface area (Å²) in [4.78, 5) is 0. The Kier molecular flexibility index (Phi) is 2.08. The van der Waals surface area contributed by atoms with E-state index in [1.165, 1.54) is 0 Å². The summed E-state index contributed by atoms with van der Waals surface area (Å²) in [7, 11) is 0. The van der Waals surface area contributed by atoms with Crippen molar-refractivity contribution in [2.45, 2.75) is 6.42 Å². The Hall–Kier alpha value is -2.01. The van der Waals surface area contributed by atoms with Gasteiger partial charge < -0.3 is 5.73 Å². The SMILES string of the molecule is N#CCc1ccc2c(N)cccc2c1. The second-order valence-electron chi connectivity index (χ2n) is 3.24. The molecule has 0 amide bonds. The number of benzene rings is 2. The van der Waals surface area contributed by atoms with Crippen LogP contribution in [0.25, 0.3) is 10.8 Å². The highest BCUT2D eigenvalue weighted by Gasteiger charge is 1.98. The van der Waals surface area contributed by atoms with Crippen LogP contribution in [0.2, 0.25) is 0 Å². The molecule has 0 atom stereocenters. The maximum absolute atomic E-state index is 8.57. The minimum absolute atomic E-state index is 0.449. The molecule has 0 aliphatic rings. The highest BCUT2D eigenvalue weighted by Crippen LogP contribution is 2.21. The molecule has 0 bridgehead atoms. The van der Waals surface area contributed by atoms with Crippen LogP contribution < -0.4 is 5.73 Å². The third kappa shape index (κ3) is 1.40. The molecule has 68 valence electrons. The molecule has 2 heteroatoms. The average molecular weight is 182 g/mol. The lowest BCUT2D eigenvalue weighted by Gasteiger charge is -2.02. The molecule has 0 unspecified atom stereocenters. The minimum atomic E-state index is 0.449. The lowest BCUT2D eigenvalue weighted by Crippen LogP contribution is -1.87. The Balaban J connectivity index is 2.63. The highest BCUT2D eigenvalue weighted by atomic mass is 14.5. The molecule has 0 aliphatic heterocycles. The minimum Gasteiger partial charge on any atom is -0.398 e. The van der Waals surface area contributed by atoms with Crippen molar-refractivity contribution in [3.63, 3.8) is 0 Å². The van der Waals surface area contributed by atoms with Crippen molar-refractivity contribution in [2.24, 2.45) is 0 Å². The van der Waals surface area contributed by atoms with E-state index in [-0.39, 0.29) is 0 Å². The predicted molar refractivity (Wildman–Crippen MR) is 57.7 cm³/mol. The lowest BCUT2D eigenvalue weighted by atomic mass is 10.0. The topological polar surface area (TPSA) is 49.8 Å². The van der Waals surface area contributed by atoms with Gasteiger partial charge in [-0.3, -0.25) is 0 Å². The Labute approximate surface area is 82.6 Å². The maximum Gasteiger partial charge on any atom is 0.0669 e. The Morgan fingerprint density at radius 2 is 2.07 bits per heavy atom. The molecule has 2 aromatic carbocycles. The van der Waals surface area contributed by atoms with Crippen molar-refractivity contribution in [2.75, 3.05) is 5.73 Å². The van der Waals surface area contributed by atoms with Crippen molar-refractivity contribution >= 4 is 16.5 Å². The monoisotopic (exact) mass is 182 g/mol. The number of nitrogen functional groups attached to an aromatic ring is 1. The standard InChI is InChI=1S/C12H10N2/c13-7-6-9-4-5-11-10(8-9)2-1-3-12(11)14/h1-5,8H,6,14H2. The molecular weight excluding hydrogens is 172 g/mol. The second-order valence-corrected chi connectivity index (χ2v) is 3.24. The maximum atomic E-state index is 8.57. The van der Waals surface area contributed by atoms with Gasteiger partial charge >= 0.3 is 0 Å². The Bertz CT molecular complexity index is 509. The molecule has 0 aromatic heterocycles. The third-order valence-corrected chi connectivity index (χ3v) is 2.26. The quantitative estimate of drug-likeness (QED) is 0.689. The molecule has 0 saturated heterocycles. The van der Waals surface area contributed by atoms with Gasteiger partial charge in [0.2, 0.25) is 0 Å². The number of hydrogen-bond donors (Lipinski definition) is 1. The van der Waals surface area contributed by atoms with Gasteiger partial charge in [0.05, 0.1) is 12.5 Å². The number of nitriles is 1. The summed E-state index contributed by atoms with van der Waals surface area (Å²) in [6, 6.07) is 13.9. The molecule has 2 N–H and O–H groups in total. The van der Waals surface area contributed by atoms with Gasteiger partial charge in [-0.15, -0.1) is 0 Å². The number of fused-ring (bicyclic) bond motifs is 1. The van der Waals surface area contributed by atoms with E-state index in [1.54, 1.807) is 0 Å². The fourth-order valence-electron chi connectivity index (χ4n) is 1.56. The molecule has 0 radical (unpaired) electrons. The first-order chi connectivity index (χ1) is 6.81. The number of nitrogens with two attached hydrogens (primary N) is 1. The van der Waals surface area contributed by atoms with E-state index < -0.39 is 0 Å². The molecular formula is C12H10N2. The first kappa shape index (κ1) is 8.58. The van der Waals surface area contributed by atoms with Crippen LogP contribution in [0.15, 0.2) is 36.4 Å². The van der Waals surface area contributed by atoms with Crippen LogP contribution in [0, 0.1) is 11.3 Å². The highest BCUT2D eigenvalue weighted by molar-refractivity contribution is 5.93. The van der Waals surface area contributed by atoms with E-state index >= 15 is 0 Å². The van der Waals surface area contributed by atoms with Crippen molar-refractivity contribution < 1.29 is 0 Å². The predicted octanol–water partition coefficient (Wildman–Crippen LogP) is 2.49. The summed E-state index contributed by atoms with van der Waals surface area (Å²) in [5, 5.41) is 10.7. The molecule has 2 nitrogen and oxygen atoms in total. The van der Waals surface area contributed by atoms with Gasteiger partial charge in [0.1, 0.15) is 0 Å². The molecule has 0 aliphatic carbocycles. The average Bonchev–Trinajstić information content (AvgIpc) is 2.18. The lowest BCUT2D eigenvalue weighted by molar-refractivity contribution is 1.27. The summed E-state index contributed by atoms with van der Waals surface area (Å²) in [6.07, 6.45) is 0.449. The summed E-state index contributed by atoms with van der Waals surface area (Å²) in [5.41, 5.74) is 7.63. The van der Waals surface area contributed by atoms with E-state index in [2.05, 4.69) is 6.07 Å². The molecule has 2 aromatic rings. The van der Waals surface area contributed by atoms with Crippen LogP contribution in [-0.2, 0) is 6.42 Å². The normalized spacial score (nSPS) is 9.93. The number of anilines is 1. The fourth-order valence-corrected chi connectivity index (χ4v) is 1.56. The van der Waals surface area contributed by atoms with Gasteiger partial charge in [-0.25, -0.2) is 0 Å². The second kappa shape index (κ2) is 3.39. The van der Waals surface area contributed by atoms with Gasteiger partial charge in [-0.05, 0) is 17.0 Å². The van der Waals surface area contributed by atoms with Gasteiger partial charge in [-0.2, -0.15) is 5.26 Å². The van der Waals surface area contributed by atoms with E-state index in [1.807, 2.05) is 36.4 Å². The van der Waals surface area contributed by atoms with E-state index in [0.29, 0.717) is 6.42 Å². The van der Waals surface area contributed by atoms with Crippen molar-refractivity contribution in [1.82, 2.24) is 0 Å². The fraction of sp³-hybridized carbons (Fsp3) is 0.0833. The Morgan fingerprint density at radius 3 is 2.86 bits per heavy atom. The van der Waals surface area contributed by atoms with Crippen molar-refractivity contribution in [1.29, 1.82) is 5.26 Å². The van der Waals surface area contributed by atoms with Crippen LogP contribution in [0.1, 0.15) is 5.56 Å².